The van der Waals surface area contributed by atoms with Crippen LogP contribution in [-0.2, 0) is 65.4 Å². The summed E-state index contributed by atoms with van der Waals surface area (Å²) in [4.78, 5) is 72.8. The Labute approximate surface area is 606 Å². The fourth-order valence-electron chi connectivity index (χ4n) is 10.1. The van der Waals surface area contributed by atoms with Gasteiger partial charge in [0, 0.05) is 25.7 Å². The molecule has 0 bridgehead atoms. The van der Waals surface area contributed by atoms with Crippen molar-refractivity contribution < 1.29 is 80.2 Å². The molecular weight excluding hydrogens is 1310 g/mol. The lowest BCUT2D eigenvalue weighted by molar-refractivity contribution is -0.161. The number of carbonyl (C=O) groups excluding carboxylic acids is 4. The van der Waals surface area contributed by atoms with Crippen LogP contribution in [0.15, 0.2) is 122 Å². The largest absolute Gasteiger partial charge is 0.472 e. The van der Waals surface area contributed by atoms with E-state index in [9.17, 15) is 43.2 Å². The molecule has 0 aliphatic heterocycles. The molecule has 0 saturated heterocycles. The Kier molecular flexibility index (Phi) is 69.5. The summed E-state index contributed by atoms with van der Waals surface area (Å²) in [5.41, 5.74) is 0. The third kappa shape index (κ3) is 71.8. The van der Waals surface area contributed by atoms with Gasteiger partial charge >= 0.3 is 39.5 Å². The maximum Gasteiger partial charge on any atom is 0.472 e. The number of phosphoric acid groups is 2. The second-order valence-corrected chi connectivity index (χ2v) is 28.5. The molecule has 5 unspecified atom stereocenters. The van der Waals surface area contributed by atoms with E-state index in [0.29, 0.717) is 32.1 Å². The predicted molar refractivity (Wildman–Crippen MR) is 408 cm³/mol. The number of rotatable bonds is 72. The van der Waals surface area contributed by atoms with Crippen molar-refractivity contribution in [2.75, 3.05) is 39.6 Å². The summed E-state index contributed by atoms with van der Waals surface area (Å²) in [6.45, 7) is 4.54. The van der Waals surface area contributed by atoms with Crippen LogP contribution in [0, 0.1) is 0 Å². The van der Waals surface area contributed by atoms with E-state index in [2.05, 4.69) is 131 Å². The summed E-state index contributed by atoms with van der Waals surface area (Å²) in [5, 5.41) is 10.6. The van der Waals surface area contributed by atoms with Crippen molar-refractivity contribution in [3.05, 3.63) is 122 Å². The Morgan fingerprint density at radius 2 is 0.540 bits per heavy atom. The van der Waals surface area contributed by atoms with E-state index < -0.39 is 97.5 Å². The van der Waals surface area contributed by atoms with Crippen LogP contribution in [0.2, 0.25) is 0 Å². The molecule has 0 rings (SSSR count). The zero-order chi connectivity index (χ0) is 73.2. The molecule has 5 atom stereocenters. The minimum absolute atomic E-state index is 0.0361. The van der Waals surface area contributed by atoms with Crippen LogP contribution in [0.5, 0.6) is 0 Å². The first-order valence-electron chi connectivity index (χ1n) is 38.8. The lowest BCUT2D eigenvalue weighted by Crippen LogP contribution is -2.30. The molecule has 0 aliphatic rings. The molecule has 0 heterocycles. The highest BCUT2D eigenvalue weighted by Gasteiger charge is 2.30. The van der Waals surface area contributed by atoms with Crippen LogP contribution >= 0.6 is 15.6 Å². The maximum atomic E-state index is 13.1. The number of hydrogen-bond acceptors (Lipinski definition) is 15. The van der Waals surface area contributed by atoms with Crippen molar-refractivity contribution in [2.24, 2.45) is 0 Å². The first-order valence-corrected chi connectivity index (χ1v) is 41.8. The quantitative estimate of drug-likeness (QED) is 0.0169. The van der Waals surface area contributed by atoms with Crippen LogP contribution < -0.4 is 0 Å². The molecule has 100 heavy (non-hydrogen) atoms. The van der Waals surface area contributed by atoms with Gasteiger partial charge in [0.05, 0.1) is 26.4 Å². The highest BCUT2D eigenvalue weighted by atomic mass is 31.2. The Bertz CT molecular complexity index is 2370. The number of aliphatic hydroxyl groups excluding tert-OH is 1. The molecule has 0 fully saturated rings. The normalized spacial score (nSPS) is 14.6. The molecule has 0 amide bonds. The van der Waals surface area contributed by atoms with Gasteiger partial charge in [-0.05, 0) is 103 Å². The van der Waals surface area contributed by atoms with Gasteiger partial charge in [-0.15, -0.1) is 0 Å². The third-order valence-corrected chi connectivity index (χ3v) is 17.9. The molecule has 17 nitrogen and oxygen atoms in total. The van der Waals surface area contributed by atoms with Crippen molar-refractivity contribution >= 4 is 39.5 Å². The average molecular weight is 1450 g/mol. The molecule has 0 saturated carbocycles. The Morgan fingerprint density at radius 1 is 0.290 bits per heavy atom. The van der Waals surface area contributed by atoms with Gasteiger partial charge in [-0.2, -0.15) is 0 Å². The fraction of sp³-hybridized carbons (Fsp3) is 0.704. The molecule has 19 heteroatoms. The monoisotopic (exact) mass is 1440 g/mol. The lowest BCUT2D eigenvalue weighted by Gasteiger charge is -2.21. The summed E-state index contributed by atoms with van der Waals surface area (Å²) < 4.78 is 68.4. The van der Waals surface area contributed by atoms with Crippen molar-refractivity contribution in [1.82, 2.24) is 0 Å². The third-order valence-electron chi connectivity index (χ3n) is 16.0. The summed E-state index contributed by atoms with van der Waals surface area (Å²) in [6.07, 6.45) is 79.2. The van der Waals surface area contributed by atoms with E-state index in [-0.39, 0.29) is 25.7 Å². The van der Waals surface area contributed by atoms with Crippen LogP contribution in [0.3, 0.4) is 0 Å². The molecule has 0 aromatic carbocycles. The number of aliphatic hydroxyl groups is 1. The molecule has 574 valence electrons. The van der Waals surface area contributed by atoms with Gasteiger partial charge in [0.2, 0.25) is 0 Å². The minimum Gasteiger partial charge on any atom is -0.462 e. The average Bonchev–Trinajstić information content (AvgIpc) is 1.02. The zero-order valence-electron chi connectivity index (χ0n) is 62.6. The predicted octanol–water partition coefficient (Wildman–Crippen LogP) is 22.3. The van der Waals surface area contributed by atoms with Gasteiger partial charge in [-0.1, -0.05) is 303 Å². The molecule has 0 aromatic rings. The molecular formula is C81H138O17P2. The standard InChI is InChI=1S/C81H138O17P2/c1-5-9-13-17-21-25-29-32-34-36-37-39-41-44-47-50-54-58-62-66-78(83)91-71-76(97-80(85)67-63-59-55-51-45-28-24-20-16-12-8-4)73-95-99(87,88)93-69-75(82)70-94-100(89,90)96-74-77(98-81(86)68-64-60-56-52-48-42-31-27-23-19-15-11-7-3)72-92-79(84)65-61-57-53-49-46-43-40-38-35-33-30-26-22-18-14-10-6-2/h9-10,13-14,21-22,25-26,32-35,37,39-40,43-44,47,54,58,75-77,82H,5-8,11-12,15-20,23-24,27-31,36,38,41-42,45-46,48-53,55-57,59-74H2,1-4H3,(H,87,88)(H,89,90)/b13-9-,14-10-,25-21-,26-22-,34-32-,35-33-,39-37-,43-40-,47-44-,58-54-. The number of unbranched alkanes of at least 4 members (excludes halogenated alkanes) is 26. The molecule has 3 N–H and O–H groups in total. The number of ether oxygens (including phenoxy) is 4. The van der Waals surface area contributed by atoms with E-state index in [1.807, 2.05) is 18.2 Å². The maximum absolute atomic E-state index is 13.1. The van der Waals surface area contributed by atoms with Crippen molar-refractivity contribution in [3.63, 3.8) is 0 Å². The van der Waals surface area contributed by atoms with Gasteiger partial charge in [-0.3, -0.25) is 37.3 Å². The van der Waals surface area contributed by atoms with Crippen LogP contribution in [0.4, 0.5) is 0 Å². The summed E-state index contributed by atoms with van der Waals surface area (Å²) >= 11 is 0. The van der Waals surface area contributed by atoms with Gasteiger partial charge < -0.3 is 33.8 Å². The zero-order valence-corrected chi connectivity index (χ0v) is 64.4. The first-order chi connectivity index (χ1) is 48.7. The lowest BCUT2D eigenvalue weighted by atomic mass is 10.0. The van der Waals surface area contributed by atoms with Crippen molar-refractivity contribution in [3.8, 4) is 0 Å². The Morgan fingerprint density at radius 3 is 0.860 bits per heavy atom. The van der Waals surface area contributed by atoms with E-state index in [1.165, 1.54) is 89.9 Å². The summed E-state index contributed by atoms with van der Waals surface area (Å²) in [5.74, 6) is -2.29. The van der Waals surface area contributed by atoms with Crippen molar-refractivity contribution in [1.29, 1.82) is 0 Å². The molecule has 0 spiro atoms. The Hall–Kier alpha value is -4.54. The highest BCUT2D eigenvalue weighted by Crippen LogP contribution is 2.45. The highest BCUT2D eigenvalue weighted by molar-refractivity contribution is 7.47. The summed E-state index contributed by atoms with van der Waals surface area (Å²) in [6, 6.07) is 0. The Balaban J connectivity index is 5.38. The van der Waals surface area contributed by atoms with Gasteiger partial charge in [0.15, 0.2) is 12.2 Å². The number of carbonyl (C=O) groups is 4. The van der Waals surface area contributed by atoms with Crippen LogP contribution in [0.1, 0.15) is 310 Å². The summed E-state index contributed by atoms with van der Waals surface area (Å²) in [7, 11) is -9.97. The number of allylic oxidation sites excluding steroid dienone is 20. The second-order valence-electron chi connectivity index (χ2n) is 25.5. The van der Waals surface area contributed by atoms with Crippen LogP contribution in [-0.4, -0.2) is 96.7 Å². The molecule has 0 aromatic heterocycles. The van der Waals surface area contributed by atoms with Gasteiger partial charge in [0.1, 0.15) is 19.3 Å². The van der Waals surface area contributed by atoms with Gasteiger partial charge in [0.25, 0.3) is 0 Å². The van der Waals surface area contributed by atoms with Crippen molar-refractivity contribution in [2.45, 2.75) is 329 Å². The van der Waals surface area contributed by atoms with Gasteiger partial charge in [-0.25, -0.2) is 9.13 Å². The number of hydrogen-bond donors (Lipinski definition) is 3. The van der Waals surface area contributed by atoms with E-state index >= 15 is 0 Å². The fourth-order valence-corrected chi connectivity index (χ4v) is 11.7. The smallest absolute Gasteiger partial charge is 0.462 e. The molecule has 0 radical (unpaired) electrons. The second kappa shape index (κ2) is 72.8. The minimum atomic E-state index is -4.99. The van der Waals surface area contributed by atoms with E-state index in [0.717, 1.165) is 135 Å². The number of esters is 4. The van der Waals surface area contributed by atoms with E-state index in [4.69, 9.17) is 37.0 Å². The van der Waals surface area contributed by atoms with E-state index in [1.54, 1.807) is 0 Å². The SMILES string of the molecule is CC/C=C\C/C=C\C/C=C\C/C=C\C/C=C\C/C=C\CCC(=O)OCC(COP(=O)(O)OCC(O)COP(=O)(O)OCC(COC(=O)CCCCCC/C=C\C/C=C\C/C=C\C/C=C\CC)OC(=O)CCCCCCCCCCCCCCC)OC(=O)CCCCCCCCCCCCC. The number of phosphoric ester groups is 2. The topological polar surface area (TPSA) is 237 Å². The van der Waals surface area contributed by atoms with Crippen LogP contribution in [0.25, 0.3) is 0 Å². The first kappa shape index (κ1) is 95.5. The molecule has 0 aliphatic carbocycles.